The van der Waals surface area contributed by atoms with E-state index in [1.807, 2.05) is 18.3 Å². The van der Waals surface area contributed by atoms with Gasteiger partial charge >= 0.3 is 0 Å². The zero-order valence-electron chi connectivity index (χ0n) is 11.9. The smallest absolute Gasteiger partial charge is 0.251 e. The highest BCUT2D eigenvalue weighted by Crippen LogP contribution is 2.15. The van der Waals surface area contributed by atoms with Crippen molar-refractivity contribution >= 4 is 16.8 Å². The topological polar surface area (TPSA) is 118 Å². The lowest BCUT2D eigenvalue weighted by atomic mass is 10.1. The normalized spacial score (nSPS) is 28.1. The Balaban J connectivity index is 1.62. The summed E-state index contributed by atoms with van der Waals surface area (Å²) >= 11 is 0. The number of fused-ring (bicyclic) bond motifs is 1. The van der Waals surface area contributed by atoms with Gasteiger partial charge in [-0.2, -0.15) is 0 Å². The highest BCUT2D eigenvalue weighted by atomic mass is 16.3. The van der Waals surface area contributed by atoms with E-state index in [4.69, 9.17) is 5.11 Å². The number of hydrogen-bond acceptors (Lipinski definition) is 5. The van der Waals surface area contributed by atoms with Crippen LogP contribution in [-0.2, 0) is 0 Å². The summed E-state index contributed by atoms with van der Waals surface area (Å²) in [5, 5.41) is 35.3. The Kier molecular flexibility index (Phi) is 4.12. The average Bonchev–Trinajstić information content (AvgIpc) is 3.10. The van der Waals surface area contributed by atoms with Crippen LogP contribution in [0, 0.1) is 0 Å². The maximum atomic E-state index is 12.2. The van der Waals surface area contributed by atoms with Crippen LogP contribution < -0.4 is 10.6 Å². The molecule has 1 fully saturated rings. The molecular formula is C15H19N3O4. The Labute approximate surface area is 127 Å². The van der Waals surface area contributed by atoms with Gasteiger partial charge in [-0.05, 0) is 24.3 Å². The molecule has 1 aliphatic heterocycles. The van der Waals surface area contributed by atoms with Crippen LogP contribution in [0.5, 0.6) is 0 Å². The minimum atomic E-state index is -1.04. The third-order valence-corrected chi connectivity index (χ3v) is 4.10. The number of rotatable bonds is 4. The molecule has 6 N–H and O–H groups in total. The molecule has 0 unspecified atom stereocenters. The molecule has 0 saturated carbocycles. The van der Waals surface area contributed by atoms with Gasteiger partial charge in [0.25, 0.3) is 5.91 Å². The molecule has 0 radical (unpaired) electrons. The molecule has 0 spiro atoms. The van der Waals surface area contributed by atoms with Gasteiger partial charge in [0.15, 0.2) is 0 Å². The Morgan fingerprint density at radius 1 is 1.18 bits per heavy atom. The Bertz CT molecular complexity index is 672. The first-order chi connectivity index (χ1) is 10.6. The van der Waals surface area contributed by atoms with E-state index in [2.05, 4.69) is 15.6 Å². The first-order valence-electron chi connectivity index (χ1n) is 7.18. The number of nitrogens with one attached hydrogen (secondary N) is 3. The van der Waals surface area contributed by atoms with Crippen LogP contribution in [0.15, 0.2) is 30.5 Å². The SMILES string of the molecule is O=C(NC[C@H]1N[C@H](CO)[C@@H](O)[C@@H]1O)c1ccc2[nH]ccc2c1. The van der Waals surface area contributed by atoms with Gasteiger partial charge < -0.3 is 30.9 Å². The van der Waals surface area contributed by atoms with E-state index < -0.39 is 24.3 Å². The van der Waals surface area contributed by atoms with Crippen molar-refractivity contribution in [2.75, 3.05) is 13.2 Å². The summed E-state index contributed by atoms with van der Waals surface area (Å²) in [6.07, 6.45) is -0.255. The van der Waals surface area contributed by atoms with E-state index in [9.17, 15) is 15.0 Å². The van der Waals surface area contributed by atoms with Crippen LogP contribution in [0.1, 0.15) is 10.4 Å². The van der Waals surface area contributed by atoms with Crippen molar-refractivity contribution in [1.29, 1.82) is 0 Å². The van der Waals surface area contributed by atoms with Gasteiger partial charge in [0, 0.05) is 29.2 Å². The molecule has 1 amide bonds. The average molecular weight is 305 g/mol. The number of benzene rings is 1. The van der Waals surface area contributed by atoms with Crippen molar-refractivity contribution in [1.82, 2.24) is 15.6 Å². The van der Waals surface area contributed by atoms with E-state index in [0.717, 1.165) is 10.9 Å². The van der Waals surface area contributed by atoms with Crippen LogP contribution >= 0.6 is 0 Å². The van der Waals surface area contributed by atoms with Crippen molar-refractivity contribution in [2.24, 2.45) is 0 Å². The van der Waals surface area contributed by atoms with Gasteiger partial charge in [0.2, 0.25) is 0 Å². The molecule has 4 atom stereocenters. The molecule has 22 heavy (non-hydrogen) atoms. The predicted octanol–water partition coefficient (Wildman–Crippen LogP) is -1.05. The highest BCUT2D eigenvalue weighted by Gasteiger charge is 2.40. The summed E-state index contributed by atoms with van der Waals surface area (Å²) in [7, 11) is 0. The maximum Gasteiger partial charge on any atom is 0.251 e. The summed E-state index contributed by atoms with van der Waals surface area (Å²) in [5.41, 5.74) is 1.48. The van der Waals surface area contributed by atoms with E-state index in [0.29, 0.717) is 5.56 Å². The zero-order valence-corrected chi connectivity index (χ0v) is 11.9. The second-order valence-electron chi connectivity index (χ2n) is 5.53. The summed E-state index contributed by atoms with van der Waals surface area (Å²) in [6, 6.07) is 6.15. The second-order valence-corrected chi connectivity index (χ2v) is 5.53. The number of carbonyl (C=O) groups excluding carboxylic acids is 1. The lowest BCUT2D eigenvalue weighted by Crippen LogP contribution is -2.44. The minimum Gasteiger partial charge on any atom is -0.395 e. The zero-order chi connectivity index (χ0) is 15.7. The number of aromatic amines is 1. The number of carbonyl (C=O) groups is 1. The summed E-state index contributed by atoms with van der Waals surface area (Å²) in [5.74, 6) is -0.251. The van der Waals surface area contributed by atoms with Crippen LogP contribution in [-0.4, -0.2) is 63.7 Å². The van der Waals surface area contributed by atoms with E-state index in [-0.39, 0.29) is 19.1 Å². The first kappa shape index (κ1) is 15.0. The van der Waals surface area contributed by atoms with Crippen molar-refractivity contribution < 1.29 is 20.1 Å². The lowest BCUT2D eigenvalue weighted by Gasteiger charge is -2.16. The number of aliphatic hydroxyl groups is 3. The van der Waals surface area contributed by atoms with E-state index >= 15 is 0 Å². The standard InChI is InChI=1S/C15H19N3O4/c19-7-12-14(21)13(20)11(18-12)6-17-15(22)9-1-2-10-8(5-9)3-4-16-10/h1-5,11-14,16,18-21H,6-7H2,(H,17,22)/t11-,12-,13-,14-/m1/s1. The van der Waals surface area contributed by atoms with Crippen LogP contribution in [0.2, 0.25) is 0 Å². The van der Waals surface area contributed by atoms with Gasteiger partial charge in [-0.25, -0.2) is 0 Å². The number of H-pyrrole nitrogens is 1. The molecule has 0 bridgehead atoms. The molecule has 1 aromatic heterocycles. The lowest BCUT2D eigenvalue weighted by molar-refractivity contribution is 0.0197. The molecule has 7 nitrogen and oxygen atoms in total. The third-order valence-electron chi connectivity index (χ3n) is 4.10. The number of hydrogen-bond donors (Lipinski definition) is 6. The van der Waals surface area contributed by atoms with Gasteiger partial charge in [-0.3, -0.25) is 4.79 Å². The summed E-state index contributed by atoms with van der Waals surface area (Å²) in [6.45, 7) is -0.106. The second kappa shape index (κ2) is 6.05. The molecule has 2 heterocycles. The monoisotopic (exact) mass is 305 g/mol. The van der Waals surface area contributed by atoms with E-state index in [1.54, 1.807) is 12.1 Å². The third kappa shape index (κ3) is 2.71. The van der Waals surface area contributed by atoms with Crippen molar-refractivity contribution in [2.45, 2.75) is 24.3 Å². The van der Waals surface area contributed by atoms with Crippen LogP contribution in [0.3, 0.4) is 0 Å². The maximum absolute atomic E-state index is 12.2. The van der Waals surface area contributed by atoms with Crippen LogP contribution in [0.25, 0.3) is 10.9 Å². The molecule has 0 aliphatic carbocycles. The molecule has 1 aliphatic rings. The Morgan fingerprint density at radius 2 is 1.95 bits per heavy atom. The molecule has 1 aromatic carbocycles. The fourth-order valence-corrected chi connectivity index (χ4v) is 2.79. The number of aliphatic hydroxyl groups excluding tert-OH is 3. The van der Waals surface area contributed by atoms with Crippen molar-refractivity contribution in [3.05, 3.63) is 36.0 Å². The van der Waals surface area contributed by atoms with Gasteiger partial charge in [0.1, 0.15) is 0 Å². The predicted molar refractivity (Wildman–Crippen MR) is 80.4 cm³/mol. The van der Waals surface area contributed by atoms with Gasteiger partial charge in [-0.15, -0.1) is 0 Å². The molecule has 1 saturated heterocycles. The van der Waals surface area contributed by atoms with E-state index in [1.165, 1.54) is 0 Å². The largest absolute Gasteiger partial charge is 0.395 e. The highest BCUT2D eigenvalue weighted by molar-refractivity contribution is 5.98. The molecule has 7 heteroatoms. The molecular weight excluding hydrogens is 286 g/mol. The fraction of sp³-hybridized carbons (Fsp3) is 0.400. The van der Waals surface area contributed by atoms with Crippen molar-refractivity contribution in [3.8, 4) is 0 Å². The van der Waals surface area contributed by atoms with Gasteiger partial charge in [-0.1, -0.05) is 0 Å². The number of amides is 1. The molecule has 3 rings (SSSR count). The fourth-order valence-electron chi connectivity index (χ4n) is 2.79. The molecule has 2 aromatic rings. The summed E-state index contributed by atoms with van der Waals surface area (Å²) < 4.78 is 0. The Hall–Kier alpha value is -1.93. The van der Waals surface area contributed by atoms with Crippen LogP contribution in [0.4, 0.5) is 0 Å². The first-order valence-corrected chi connectivity index (χ1v) is 7.18. The molecule has 118 valence electrons. The quantitative estimate of drug-likeness (QED) is 0.431. The number of aromatic nitrogens is 1. The van der Waals surface area contributed by atoms with Crippen molar-refractivity contribution in [3.63, 3.8) is 0 Å². The Morgan fingerprint density at radius 3 is 2.68 bits per heavy atom. The minimum absolute atomic E-state index is 0.165. The summed E-state index contributed by atoms with van der Waals surface area (Å²) in [4.78, 5) is 15.2. The van der Waals surface area contributed by atoms with Gasteiger partial charge in [0.05, 0.1) is 30.9 Å².